The van der Waals surface area contributed by atoms with Crippen molar-refractivity contribution in [3.8, 4) is 0 Å². The van der Waals surface area contributed by atoms with Gasteiger partial charge in [-0.05, 0) is 30.8 Å². The van der Waals surface area contributed by atoms with Gasteiger partial charge in [0, 0.05) is 16.7 Å². The quantitative estimate of drug-likeness (QED) is 0.714. The van der Waals surface area contributed by atoms with E-state index >= 15 is 0 Å². The number of furan rings is 1. The number of thiophene rings is 1. The van der Waals surface area contributed by atoms with Crippen molar-refractivity contribution in [2.75, 3.05) is 6.54 Å². The number of fused-ring (bicyclic) bond motifs is 1. The minimum absolute atomic E-state index is 0.183. The smallest absolute Gasteiger partial charge is 0.134 e. The molecular weight excluding hydrogens is 290 g/mol. The molecule has 0 saturated carbocycles. The fourth-order valence-electron chi connectivity index (χ4n) is 2.36. The molecule has 2 heterocycles. The molecule has 104 valence electrons. The van der Waals surface area contributed by atoms with Crippen molar-refractivity contribution in [2.24, 2.45) is 0 Å². The Morgan fingerprint density at radius 2 is 2.10 bits per heavy atom. The normalized spacial score (nSPS) is 12.9. The van der Waals surface area contributed by atoms with E-state index in [0.717, 1.165) is 34.0 Å². The lowest BCUT2D eigenvalue weighted by Gasteiger charge is -2.14. The van der Waals surface area contributed by atoms with E-state index in [1.54, 1.807) is 11.3 Å². The first-order valence-electron chi connectivity index (χ1n) is 6.72. The highest BCUT2D eigenvalue weighted by Gasteiger charge is 2.17. The Morgan fingerprint density at radius 1 is 1.25 bits per heavy atom. The zero-order chi connectivity index (χ0) is 13.9. The van der Waals surface area contributed by atoms with E-state index in [-0.39, 0.29) is 6.04 Å². The largest absolute Gasteiger partial charge is 0.459 e. The number of halogens is 1. The van der Waals surface area contributed by atoms with Gasteiger partial charge in [-0.1, -0.05) is 36.7 Å². The molecule has 1 aromatic carbocycles. The molecule has 2 nitrogen and oxygen atoms in total. The van der Waals surface area contributed by atoms with E-state index in [4.69, 9.17) is 16.0 Å². The summed E-state index contributed by atoms with van der Waals surface area (Å²) in [7, 11) is 0. The molecular formula is C16H16ClNOS. The average Bonchev–Trinajstić information content (AvgIpc) is 3.04. The molecule has 1 unspecified atom stereocenters. The number of rotatable bonds is 5. The Kier molecular flexibility index (Phi) is 4.10. The molecule has 0 saturated heterocycles. The minimum atomic E-state index is 0.183. The Hall–Kier alpha value is -1.29. The summed E-state index contributed by atoms with van der Waals surface area (Å²) in [5.41, 5.74) is 0.939. The fourth-order valence-corrected chi connectivity index (χ4v) is 3.49. The highest BCUT2D eigenvalue weighted by molar-refractivity contribution is 7.16. The Balaban J connectivity index is 1.89. The van der Waals surface area contributed by atoms with Crippen molar-refractivity contribution >= 4 is 33.9 Å². The standard InChI is InChI=1S/C16H16ClNOS/c1-2-18-13(10-12-7-8-16(17)20-12)15-9-11-5-3-4-6-14(11)19-15/h3-9,13,18H,2,10H2,1H3. The van der Waals surface area contributed by atoms with Crippen molar-refractivity contribution in [3.63, 3.8) is 0 Å². The van der Waals surface area contributed by atoms with Crippen LogP contribution in [0.5, 0.6) is 0 Å². The van der Waals surface area contributed by atoms with Gasteiger partial charge < -0.3 is 9.73 Å². The lowest BCUT2D eigenvalue weighted by molar-refractivity contribution is 0.436. The second-order valence-corrected chi connectivity index (χ2v) is 6.51. The maximum Gasteiger partial charge on any atom is 0.134 e. The first-order valence-corrected chi connectivity index (χ1v) is 7.92. The van der Waals surface area contributed by atoms with Gasteiger partial charge in [0.05, 0.1) is 10.4 Å². The van der Waals surface area contributed by atoms with E-state index in [2.05, 4.69) is 30.4 Å². The van der Waals surface area contributed by atoms with Gasteiger partial charge in [0.1, 0.15) is 11.3 Å². The summed E-state index contributed by atoms with van der Waals surface area (Å²) in [4.78, 5) is 1.27. The van der Waals surface area contributed by atoms with Crippen LogP contribution in [0.3, 0.4) is 0 Å². The molecule has 0 fully saturated rings. The summed E-state index contributed by atoms with van der Waals surface area (Å²) < 4.78 is 6.80. The Bertz CT molecular complexity index is 670. The third-order valence-corrected chi connectivity index (χ3v) is 4.53. The van der Waals surface area contributed by atoms with Gasteiger partial charge in [-0.25, -0.2) is 0 Å². The predicted octanol–water partition coefficient (Wildman–Crippen LogP) is 5.04. The summed E-state index contributed by atoms with van der Waals surface area (Å²) in [5, 5.41) is 4.64. The molecule has 0 aliphatic carbocycles. The van der Waals surface area contributed by atoms with Crippen LogP contribution in [0, 0.1) is 0 Å². The summed E-state index contributed by atoms with van der Waals surface area (Å²) in [6.45, 7) is 3.01. The second kappa shape index (κ2) is 6.00. The number of hydrogen-bond donors (Lipinski definition) is 1. The van der Waals surface area contributed by atoms with Gasteiger partial charge in [0.15, 0.2) is 0 Å². The SMILES string of the molecule is CCNC(Cc1ccc(Cl)s1)c1cc2ccccc2o1. The first kappa shape index (κ1) is 13.7. The number of benzene rings is 1. The van der Waals surface area contributed by atoms with Gasteiger partial charge in [0.25, 0.3) is 0 Å². The van der Waals surface area contributed by atoms with E-state index in [9.17, 15) is 0 Å². The lowest BCUT2D eigenvalue weighted by Crippen LogP contribution is -2.22. The van der Waals surface area contributed by atoms with Crippen molar-refractivity contribution in [3.05, 3.63) is 57.4 Å². The predicted molar refractivity (Wildman–Crippen MR) is 85.7 cm³/mol. The maximum atomic E-state index is 6.01. The van der Waals surface area contributed by atoms with E-state index in [1.165, 1.54) is 4.88 Å². The highest BCUT2D eigenvalue weighted by atomic mass is 35.5. The fraction of sp³-hybridized carbons (Fsp3) is 0.250. The van der Waals surface area contributed by atoms with Crippen molar-refractivity contribution in [1.29, 1.82) is 0 Å². The van der Waals surface area contributed by atoms with E-state index in [0.29, 0.717) is 0 Å². The molecule has 4 heteroatoms. The lowest BCUT2D eigenvalue weighted by atomic mass is 10.1. The molecule has 3 aromatic rings. The number of para-hydroxylation sites is 1. The molecule has 2 aromatic heterocycles. The van der Waals surface area contributed by atoms with E-state index < -0.39 is 0 Å². The van der Waals surface area contributed by atoms with Crippen molar-refractivity contribution in [1.82, 2.24) is 5.32 Å². The van der Waals surface area contributed by atoms with Crippen LogP contribution in [0.4, 0.5) is 0 Å². The van der Waals surface area contributed by atoms with Gasteiger partial charge >= 0.3 is 0 Å². The van der Waals surface area contributed by atoms with Crippen LogP contribution in [0.25, 0.3) is 11.0 Å². The summed E-state index contributed by atoms with van der Waals surface area (Å²) in [6, 6.07) is 14.4. The number of nitrogens with one attached hydrogen (secondary N) is 1. The molecule has 0 amide bonds. The van der Waals surface area contributed by atoms with Crippen LogP contribution in [-0.2, 0) is 6.42 Å². The molecule has 1 N–H and O–H groups in total. The summed E-state index contributed by atoms with van der Waals surface area (Å²) >= 11 is 7.63. The average molecular weight is 306 g/mol. The number of likely N-dealkylation sites (N-methyl/N-ethyl adjacent to an activating group) is 1. The molecule has 0 bridgehead atoms. The summed E-state index contributed by atoms with van der Waals surface area (Å²) in [5.74, 6) is 0.984. The topological polar surface area (TPSA) is 25.2 Å². The van der Waals surface area contributed by atoms with Gasteiger partial charge in [0.2, 0.25) is 0 Å². The monoisotopic (exact) mass is 305 g/mol. The summed E-state index contributed by atoms with van der Waals surface area (Å²) in [6.07, 6.45) is 0.894. The van der Waals surface area contributed by atoms with Crippen molar-refractivity contribution in [2.45, 2.75) is 19.4 Å². The van der Waals surface area contributed by atoms with Crippen LogP contribution in [-0.4, -0.2) is 6.54 Å². The van der Waals surface area contributed by atoms with Crippen LogP contribution < -0.4 is 5.32 Å². The van der Waals surface area contributed by atoms with Crippen LogP contribution >= 0.6 is 22.9 Å². The van der Waals surface area contributed by atoms with Crippen LogP contribution in [0.1, 0.15) is 23.6 Å². The zero-order valence-electron chi connectivity index (χ0n) is 11.2. The molecule has 3 rings (SSSR count). The van der Waals surface area contributed by atoms with E-state index in [1.807, 2.05) is 24.3 Å². The van der Waals surface area contributed by atoms with Crippen LogP contribution in [0.15, 0.2) is 46.9 Å². The second-order valence-electron chi connectivity index (χ2n) is 4.71. The maximum absolute atomic E-state index is 6.01. The molecule has 0 aliphatic heterocycles. The highest BCUT2D eigenvalue weighted by Crippen LogP contribution is 2.29. The minimum Gasteiger partial charge on any atom is -0.459 e. The molecule has 0 radical (unpaired) electrons. The first-order chi connectivity index (χ1) is 9.76. The molecule has 1 atom stereocenters. The Labute approximate surface area is 127 Å². The molecule has 20 heavy (non-hydrogen) atoms. The van der Waals surface area contributed by atoms with Gasteiger partial charge in [-0.15, -0.1) is 11.3 Å². The van der Waals surface area contributed by atoms with Gasteiger partial charge in [-0.2, -0.15) is 0 Å². The van der Waals surface area contributed by atoms with Gasteiger partial charge in [-0.3, -0.25) is 0 Å². The van der Waals surface area contributed by atoms with Crippen molar-refractivity contribution < 1.29 is 4.42 Å². The molecule has 0 aliphatic rings. The molecule has 0 spiro atoms. The number of hydrogen-bond acceptors (Lipinski definition) is 3. The van der Waals surface area contributed by atoms with Crippen LogP contribution in [0.2, 0.25) is 4.34 Å². The Morgan fingerprint density at radius 3 is 2.80 bits per heavy atom. The zero-order valence-corrected chi connectivity index (χ0v) is 12.8. The third-order valence-electron chi connectivity index (χ3n) is 3.27. The third kappa shape index (κ3) is 2.90.